The molecule has 1 amide bonds. The minimum Gasteiger partial charge on any atom is -0.320 e. The third kappa shape index (κ3) is 3.27. The van der Waals surface area contributed by atoms with Gasteiger partial charge in [0.25, 0.3) is 5.91 Å². The second-order valence-corrected chi connectivity index (χ2v) is 4.29. The Bertz CT molecular complexity index is 188. The number of amides is 1. The van der Waals surface area contributed by atoms with Crippen LogP contribution >= 0.6 is 0 Å². The van der Waals surface area contributed by atoms with Gasteiger partial charge in [0.15, 0.2) is 0 Å². The van der Waals surface area contributed by atoms with Crippen LogP contribution in [0.3, 0.4) is 0 Å². The molecule has 0 radical (unpaired) electrons. The number of piperidine rings is 1. The first-order chi connectivity index (χ1) is 6.61. The smallest absolute Gasteiger partial charge is 0.251 e. The van der Waals surface area contributed by atoms with Crippen molar-refractivity contribution < 1.29 is 4.79 Å². The number of hydrogen-bond acceptors (Lipinski definition) is 3. The second kappa shape index (κ2) is 5.32. The maximum Gasteiger partial charge on any atom is 0.251 e. The Balaban J connectivity index is 2.31. The summed E-state index contributed by atoms with van der Waals surface area (Å²) in [6, 6.07) is -0.392. The number of carbonyl (C=O) groups excluding carboxylic acids is 1. The molecule has 82 valence electrons. The highest BCUT2D eigenvalue weighted by atomic mass is 16.2. The summed E-state index contributed by atoms with van der Waals surface area (Å²) in [5.41, 5.74) is 8.61. The Morgan fingerprint density at radius 1 is 1.29 bits per heavy atom. The molecule has 1 atom stereocenters. The number of carbonyl (C=O) groups is 1. The number of nitrogens with zero attached hydrogens (tertiary/aromatic N) is 1. The minimum absolute atomic E-state index is 0.0538. The Morgan fingerprint density at radius 3 is 2.36 bits per heavy atom. The molecule has 0 aromatic rings. The van der Waals surface area contributed by atoms with Crippen LogP contribution in [-0.4, -0.2) is 30.0 Å². The molecule has 4 heteroatoms. The zero-order valence-corrected chi connectivity index (χ0v) is 9.12. The number of hydrazine groups is 1. The number of hydrogen-bond donors (Lipinski definition) is 2. The summed E-state index contributed by atoms with van der Waals surface area (Å²) in [4.78, 5) is 11.6. The van der Waals surface area contributed by atoms with E-state index in [4.69, 9.17) is 5.73 Å². The first-order valence-electron chi connectivity index (χ1n) is 5.42. The maximum atomic E-state index is 11.6. The van der Waals surface area contributed by atoms with E-state index >= 15 is 0 Å². The Labute approximate surface area is 85.8 Å². The van der Waals surface area contributed by atoms with Crippen molar-refractivity contribution in [2.45, 2.75) is 39.2 Å². The molecule has 0 aliphatic carbocycles. The molecule has 14 heavy (non-hydrogen) atoms. The molecule has 4 nitrogen and oxygen atoms in total. The Kier molecular flexibility index (Phi) is 4.35. The summed E-state index contributed by atoms with van der Waals surface area (Å²) in [5, 5.41) is 1.98. The van der Waals surface area contributed by atoms with Crippen molar-refractivity contribution in [1.29, 1.82) is 0 Å². The van der Waals surface area contributed by atoms with E-state index in [2.05, 4.69) is 5.43 Å². The van der Waals surface area contributed by atoms with Crippen molar-refractivity contribution in [3.05, 3.63) is 0 Å². The molecule has 1 saturated heterocycles. The molecule has 1 fully saturated rings. The van der Waals surface area contributed by atoms with E-state index in [9.17, 15) is 4.79 Å². The Hall–Kier alpha value is -0.610. The van der Waals surface area contributed by atoms with Gasteiger partial charge in [-0.15, -0.1) is 0 Å². The fourth-order valence-electron chi connectivity index (χ4n) is 1.54. The van der Waals surface area contributed by atoms with Gasteiger partial charge in [-0.3, -0.25) is 10.2 Å². The van der Waals surface area contributed by atoms with Gasteiger partial charge in [0.05, 0.1) is 6.04 Å². The quantitative estimate of drug-likeness (QED) is 0.695. The molecule has 1 rings (SSSR count). The van der Waals surface area contributed by atoms with Crippen molar-refractivity contribution in [2.75, 3.05) is 13.1 Å². The van der Waals surface area contributed by atoms with Gasteiger partial charge in [-0.25, -0.2) is 5.01 Å². The average Bonchev–Trinajstić information content (AvgIpc) is 2.18. The van der Waals surface area contributed by atoms with Crippen LogP contribution in [0, 0.1) is 5.92 Å². The van der Waals surface area contributed by atoms with Crippen LogP contribution in [-0.2, 0) is 4.79 Å². The molecule has 1 aliphatic heterocycles. The van der Waals surface area contributed by atoms with E-state index in [0.29, 0.717) is 0 Å². The summed E-state index contributed by atoms with van der Waals surface area (Å²) in [7, 11) is 0. The molecule has 0 bridgehead atoms. The highest BCUT2D eigenvalue weighted by molar-refractivity contribution is 5.81. The van der Waals surface area contributed by atoms with Gasteiger partial charge >= 0.3 is 0 Å². The minimum atomic E-state index is -0.392. The fourth-order valence-corrected chi connectivity index (χ4v) is 1.54. The largest absolute Gasteiger partial charge is 0.320 e. The molecule has 1 heterocycles. The van der Waals surface area contributed by atoms with E-state index in [1.165, 1.54) is 6.42 Å². The first-order valence-corrected chi connectivity index (χ1v) is 5.42. The fraction of sp³-hybridized carbons (Fsp3) is 0.900. The van der Waals surface area contributed by atoms with Crippen LogP contribution in [0.1, 0.15) is 33.1 Å². The molecule has 0 aromatic carbocycles. The normalized spacial score (nSPS) is 20.9. The van der Waals surface area contributed by atoms with Crippen molar-refractivity contribution in [1.82, 2.24) is 10.4 Å². The zero-order chi connectivity index (χ0) is 10.6. The predicted octanol–water partition coefficient (Wildman–Crippen LogP) is 0.487. The SMILES string of the molecule is CC(C)[C@@H](N)C(=O)NN1CCCCC1. The van der Waals surface area contributed by atoms with Crippen LogP contribution in [0.15, 0.2) is 0 Å². The predicted molar refractivity (Wildman–Crippen MR) is 56.4 cm³/mol. The van der Waals surface area contributed by atoms with E-state index in [-0.39, 0.29) is 11.8 Å². The van der Waals surface area contributed by atoms with Gasteiger partial charge in [-0.2, -0.15) is 0 Å². The number of nitrogens with two attached hydrogens (primary N) is 1. The van der Waals surface area contributed by atoms with Gasteiger partial charge in [0.1, 0.15) is 0 Å². The maximum absolute atomic E-state index is 11.6. The first kappa shape index (κ1) is 11.5. The lowest BCUT2D eigenvalue weighted by Crippen LogP contribution is -2.52. The molecule has 0 unspecified atom stereocenters. The molecule has 0 saturated carbocycles. The van der Waals surface area contributed by atoms with Gasteiger partial charge in [0.2, 0.25) is 0 Å². The van der Waals surface area contributed by atoms with E-state index in [0.717, 1.165) is 25.9 Å². The lowest BCUT2D eigenvalue weighted by molar-refractivity contribution is -0.128. The lowest BCUT2D eigenvalue weighted by Gasteiger charge is -2.28. The standard InChI is InChI=1S/C10H21N3O/c1-8(2)9(11)10(14)12-13-6-4-3-5-7-13/h8-9H,3-7,11H2,1-2H3,(H,12,14)/t9-/m1/s1. The van der Waals surface area contributed by atoms with Gasteiger partial charge in [-0.1, -0.05) is 20.3 Å². The molecular weight excluding hydrogens is 178 g/mol. The van der Waals surface area contributed by atoms with Crippen LogP contribution in [0.5, 0.6) is 0 Å². The monoisotopic (exact) mass is 199 g/mol. The van der Waals surface area contributed by atoms with Crippen LogP contribution in [0.2, 0.25) is 0 Å². The topological polar surface area (TPSA) is 58.4 Å². The van der Waals surface area contributed by atoms with Gasteiger partial charge < -0.3 is 5.73 Å². The van der Waals surface area contributed by atoms with Crippen LogP contribution in [0.4, 0.5) is 0 Å². The van der Waals surface area contributed by atoms with Crippen LogP contribution in [0.25, 0.3) is 0 Å². The van der Waals surface area contributed by atoms with Crippen molar-refractivity contribution in [3.8, 4) is 0 Å². The lowest BCUT2D eigenvalue weighted by atomic mass is 10.1. The molecule has 0 aromatic heterocycles. The Morgan fingerprint density at radius 2 is 1.86 bits per heavy atom. The summed E-state index contributed by atoms with van der Waals surface area (Å²) in [5.74, 6) is 0.140. The second-order valence-electron chi connectivity index (χ2n) is 4.29. The molecular formula is C10H21N3O. The summed E-state index contributed by atoms with van der Waals surface area (Å²) < 4.78 is 0. The average molecular weight is 199 g/mol. The van der Waals surface area contributed by atoms with E-state index in [1.807, 2.05) is 18.9 Å². The molecule has 3 N–H and O–H groups in total. The summed E-state index contributed by atoms with van der Waals surface area (Å²) in [6.07, 6.45) is 3.59. The van der Waals surface area contributed by atoms with Gasteiger partial charge in [0, 0.05) is 13.1 Å². The highest BCUT2D eigenvalue weighted by Gasteiger charge is 2.20. The summed E-state index contributed by atoms with van der Waals surface area (Å²) in [6.45, 7) is 5.83. The van der Waals surface area contributed by atoms with Crippen molar-refractivity contribution in [3.63, 3.8) is 0 Å². The molecule has 1 aliphatic rings. The van der Waals surface area contributed by atoms with E-state index in [1.54, 1.807) is 0 Å². The van der Waals surface area contributed by atoms with E-state index < -0.39 is 6.04 Å². The highest BCUT2D eigenvalue weighted by Crippen LogP contribution is 2.06. The van der Waals surface area contributed by atoms with Crippen LogP contribution < -0.4 is 11.2 Å². The van der Waals surface area contributed by atoms with Crippen molar-refractivity contribution in [2.24, 2.45) is 11.7 Å². The number of nitrogens with one attached hydrogen (secondary N) is 1. The summed E-state index contributed by atoms with van der Waals surface area (Å²) >= 11 is 0. The number of rotatable bonds is 3. The van der Waals surface area contributed by atoms with Gasteiger partial charge in [-0.05, 0) is 18.8 Å². The molecule has 0 spiro atoms. The zero-order valence-electron chi connectivity index (χ0n) is 9.12. The van der Waals surface area contributed by atoms with Crippen molar-refractivity contribution >= 4 is 5.91 Å². The third-order valence-electron chi connectivity index (χ3n) is 2.65. The third-order valence-corrected chi connectivity index (χ3v) is 2.65.